The first-order valence-electron chi connectivity index (χ1n) is 8.24. The third-order valence-corrected chi connectivity index (χ3v) is 4.45. The number of hydrogen-bond acceptors (Lipinski definition) is 5. The molecule has 0 aromatic carbocycles. The lowest BCUT2D eigenvalue weighted by atomic mass is 9.83. The van der Waals surface area contributed by atoms with Gasteiger partial charge in [-0.25, -0.2) is 9.18 Å². The van der Waals surface area contributed by atoms with E-state index in [9.17, 15) is 9.18 Å². The van der Waals surface area contributed by atoms with E-state index in [1.54, 1.807) is 6.20 Å². The number of pyridine rings is 1. The maximum absolute atomic E-state index is 13.5. The van der Waals surface area contributed by atoms with Crippen molar-refractivity contribution < 1.29 is 23.4 Å². The lowest BCUT2D eigenvalue weighted by Crippen LogP contribution is -2.38. The molecule has 1 saturated heterocycles. The number of esters is 1. The smallest absolute Gasteiger partial charge is 0.338 e. The predicted molar refractivity (Wildman–Crippen MR) is 80.2 cm³/mol. The van der Waals surface area contributed by atoms with Crippen molar-refractivity contribution in [2.45, 2.75) is 44.3 Å². The highest BCUT2D eigenvalue weighted by Crippen LogP contribution is 2.37. The highest BCUT2D eigenvalue weighted by molar-refractivity contribution is 5.75. The average molecular weight is 323 g/mol. The minimum atomic E-state index is -0.698. The summed E-state index contributed by atoms with van der Waals surface area (Å²) < 4.78 is 29.9. The summed E-state index contributed by atoms with van der Waals surface area (Å²) in [5, 5.41) is 0. The number of halogens is 1. The van der Waals surface area contributed by atoms with Crippen LogP contribution in [-0.2, 0) is 19.0 Å². The van der Waals surface area contributed by atoms with E-state index in [0.29, 0.717) is 18.8 Å². The van der Waals surface area contributed by atoms with Crippen LogP contribution in [-0.4, -0.2) is 36.9 Å². The number of carbonyl (C=O) groups is 1. The number of carbonyl (C=O) groups excluding carboxylic acids is 1. The van der Waals surface area contributed by atoms with Crippen LogP contribution in [0, 0.1) is 11.7 Å². The molecule has 0 spiro atoms. The van der Waals surface area contributed by atoms with Gasteiger partial charge < -0.3 is 14.2 Å². The average Bonchev–Trinajstić information content (AvgIpc) is 2.61. The lowest BCUT2D eigenvalue weighted by molar-refractivity contribution is -0.179. The van der Waals surface area contributed by atoms with Gasteiger partial charge in [-0.05, 0) is 18.9 Å². The Balaban J connectivity index is 1.75. The van der Waals surface area contributed by atoms with Gasteiger partial charge in [-0.2, -0.15) is 0 Å². The Bertz CT molecular complexity index is 527. The molecule has 5 nitrogen and oxygen atoms in total. The normalized spacial score (nSPS) is 24.1. The first-order chi connectivity index (χ1) is 11.2. The maximum Gasteiger partial charge on any atom is 0.338 e. The van der Waals surface area contributed by atoms with Crippen LogP contribution in [0.5, 0.6) is 0 Å². The summed E-state index contributed by atoms with van der Waals surface area (Å²) in [5.74, 6) is -0.665. The fourth-order valence-electron chi connectivity index (χ4n) is 3.28. The zero-order valence-corrected chi connectivity index (χ0v) is 13.1. The molecule has 2 heterocycles. The minimum Gasteiger partial charge on any atom is -0.455 e. The van der Waals surface area contributed by atoms with Gasteiger partial charge in [-0.15, -0.1) is 0 Å². The zero-order valence-electron chi connectivity index (χ0n) is 13.1. The number of aromatic nitrogens is 1. The van der Waals surface area contributed by atoms with Crippen LogP contribution >= 0.6 is 0 Å². The van der Waals surface area contributed by atoms with Crippen molar-refractivity contribution in [2.75, 3.05) is 19.8 Å². The van der Waals surface area contributed by atoms with E-state index in [4.69, 9.17) is 14.2 Å². The zero-order chi connectivity index (χ0) is 16.1. The van der Waals surface area contributed by atoms with E-state index in [-0.39, 0.29) is 12.5 Å². The van der Waals surface area contributed by atoms with Gasteiger partial charge in [0.05, 0.1) is 26.0 Å². The van der Waals surface area contributed by atoms with Gasteiger partial charge in [0.15, 0.2) is 6.10 Å². The molecular formula is C17H22FNO4. The van der Waals surface area contributed by atoms with E-state index in [1.165, 1.54) is 12.5 Å². The first kappa shape index (κ1) is 16.3. The Morgan fingerprint density at radius 1 is 1.26 bits per heavy atom. The number of nitrogens with zero attached hydrogens (tertiary/aromatic N) is 1. The molecule has 0 amide bonds. The molecule has 2 fully saturated rings. The monoisotopic (exact) mass is 323 g/mol. The second-order valence-corrected chi connectivity index (χ2v) is 6.13. The fourth-order valence-corrected chi connectivity index (χ4v) is 3.28. The molecular weight excluding hydrogens is 301 g/mol. The molecule has 0 radical (unpaired) electrons. The van der Waals surface area contributed by atoms with Crippen molar-refractivity contribution in [3.8, 4) is 0 Å². The molecule has 1 aliphatic carbocycles. The van der Waals surface area contributed by atoms with Crippen molar-refractivity contribution >= 4 is 5.97 Å². The Morgan fingerprint density at radius 2 is 2.09 bits per heavy atom. The summed E-state index contributed by atoms with van der Waals surface area (Å²) in [5.41, 5.74) is 0.613. The van der Waals surface area contributed by atoms with Gasteiger partial charge in [0.2, 0.25) is 0 Å². The molecule has 3 rings (SSSR count). The minimum absolute atomic E-state index is 0.195. The van der Waals surface area contributed by atoms with E-state index in [0.717, 1.165) is 31.9 Å². The summed E-state index contributed by atoms with van der Waals surface area (Å²) in [6, 6.07) is 1.40. The van der Waals surface area contributed by atoms with E-state index < -0.39 is 24.0 Å². The quantitative estimate of drug-likeness (QED) is 0.798. The van der Waals surface area contributed by atoms with Crippen LogP contribution in [0.25, 0.3) is 0 Å². The molecule has 6 heteroatoms. The van der Waals surface area contributed by atoms with E-state index >= 15 is 0 Å². The molecule has 2 aliphatic rings. The molecule has 0 bridgehead atoms. The number of ether oxygens (including phenoxy) is 3. The van der Waals surface area contributed by atoms with Crippen molar-refractivity contribution in [1.82, 2.24) is 4.98 Å². The third-order valence-electron chi connectivity index (χ3n) is 4.45. The maximum atomic E-state index is 13.5. The lowest BCUT2D eigenvalue weighted by Gasteiger charge is -2.31. The summed E-state index contributed by atoms with van der Waals surface area (Å²) in [6.07, 6.45) is 6.89. The fraction of sp³-hybridized carbons (Fsp3) is 0.647. The van der Waals surface area contributed by atoms with Gasteiger partial charge in [0.25, 0.3) is 0 Å². The summed E-state index contributed by atoms with van der Waals surface area (Å²) >= 11 is 0. The third kappa shape index (κ3) is 4.26. The summed E-state index contributed by atoms with van der Waals surface area (Å²) in [7, 11) is 0. The van der Waals surface area contributed by atoms with Gasteiger partial charge >= 0.3 is 5.97 Å². The highest BCUT2D eigenvalue weighted by Gasteiger charge is 2.32. The molecule has 1 aromatic heterocycles. The largest absolute Gasteiger partial charge is 0.455 e. The van der Waals surface area contributed by atoms with Crippen molar-refractivity contribution in [1.29, 1.82) is 0 Å². The predicted octanol–water partition coefficient (Wildman–Crippen LogP) is 2.80. The van der Waals surface area contributed by atoms with Gasteiger partial charge in [0.1, 0.15) is 11.9 Å². The van der Waals surface area contributed by atoms with Crippen molar-refractivity contribution in [2.24, 2.45) is 5.92 Å². The standard InChI is InChI=1S/C17H22FNO4/c18-14-8-13(9-19-10-14)16(12-4-2-1-3-5-12)23-17(20)15-11-21-6-7-22-15/h8-10,12,15-16H,1-7,11H2/t15-,16+/m0/s1. The van der Waals surface area contributed by atoms with Gasteiger partial charge in [-0.3, -0.25) is 4.98 Å². The van der Waals surface area contributed by atoms with Crippen LogP contribution in [0.1, 0.15) is 43.8 Å². The van der Waals surface area contributed by atoms with E-state index in [1.807, 2.05) is 0 Å². The van der Waals surface area contributed by atoms with Crippen LogP contribution < -0.4 is 0 Å². The first-order valence-corrected chi connectivity index (χ1v) is 8.24. The Hall–Kier alpha value is -1.53. The molecule has 1 aromatic rings. The Morgan fingerprint density at radius 3 is 2.78 bits per heavy atom. The second-order valence-electron chi connectivity index (χ2n) is 6.13. The highest BCUT2D eigenvalue weighted by atomic mass is 19.1. The topological polar surface area (TPSA) is 57.7 Å². The molecule has 2 atom stereocenters. The molecule has 23 heavy (non-hydrogen) atoms. The molecule has 0 unspecified atom stereocenters. The van der Waals surface area contributed by atoms with Crippen molar-refractivity contribution in [3.63, 3.8) is 0 Å². The number of hydrogen-bond donors (Lipinski definition) is 0. The van der Waals surface area contributed by atoms with Gasteiger partial charge in [0, 0.05) is 17.7 Å². The SMILES string of the molecule is O=C(O[C@@H](c1cncc(F)c1)C1CCCCC1)[C@@H]1COCCO1. The van der Waals surface area contributed by atoms with Crippen LogP contribution in [0.15, 0.2) is 18.5 Å². The molecule has 0 N–H and O–H groups in total. The van der Waals surface area contributed by atoms with E-state index in [2.05, 4.69) is 4.98 Å². The molecule has 1 saturated carbocycles. The van der Waals surface area contributed by atoms with Crippen LogP contribution in [0.3, 0.4) is 0 Å². The Labute approximate surface area is 135 Å². The number of rotatable bonds is 4. The van der Waals surface area contributed by atoms with Gasteiger partial charge in [-0.1, -0.05) is 19.3 Å². The second kappa shape index (κ2) is 7.84. The molecule has 126 valence electrons. The Kier molecular flexibility index (Phi) is 5.56. The van der Waals surface area contributed by atoms with Crippen molar-refractivity contribution in [3.05, 3.63) is 29.8 Å². The van der Waals surface area contributed by atoms with Crippen LogP contribution in [0.4, 0.5) is 4.39 Å². The summed E-state index contributed by atoms with van der Waals surface area (Å²) in [6.45, 7) is 1.08. The summed E-state index contributed by atoms with van der Waals surface area (Å²) in [4.78, 5) is 16.3. The molecule has 1 aliphatic heterocycles. The van der Waals surface area contributed by atoms with Crippen LogP contribution in [0.2, 0.25) is 0 Å².